The van der Waals surface area contributed by atoms with Gasteiger partial charge < -0.3 is 9.47 Å². The zero-order valence-electron chi connectivity index (χ0n) is 13.0. The first-order valence-corrected chi connectivity index (χ1v) is 7.76. The molecule has 0 aromatic heterocycles. The average Bonchev–Trinajstić information content (AvgIpc) is 2.54. The zero-order valence-corrected chi connectivity index (χ0v) is 13.0. The standard InChI is InChI=1S/C19H22O3/c1-2-21-19(20)22-18-15-9-8-14-17(18)13-7-6-12-16-10-4-3-5-11-16/h3-5,8-11,14-15H,2,6-7,12-13H2,1H3. The number of hydrogen-bond donors (Lipinski definition) is 0. The Labute approximate surface area is 131 Å². The molecule has 0 saturated carbocycles. The number of rotatable bonds is 7. The molecule has 0 bridgehead atoms. The molecule has 3 heteroatoms. The van der Waals surface area contributed by atoms with Crippen molar-refractivity contribution in [3.8, 4) is 5.75 Å². The lowest BCUT2D eigenvalue weighted by molar-refractivity contribution is 0.104. The van der Waals surface area contributed by atoms with Crippen molar-refractivity contribution in [1.29, 1.82) is 0 Å². The summed E-state index contributed by atoms with van der Waals surface area (Å²) in [5.41, 5.74) is 2.40. The maximum atomic E-state index is 11.4. The normalized spacial score (nSPS) is 10.2. The van der Waals surface area contributed by atoms with Crippen LogP contribution in [0.25, 0.3) is 0 Å². The number of carbonyl (C=O) groups excluding carboxylic acids is 1. The van der Waals surface area contributed by atoms with Crippen molar-refractivity contribution in [2.75, 3.05) is 6.61 Å². The van der Waals surface area contributed by atoms with E-state index in [4.69, 9.17) is 9.47 Å². The number of aryl methyl sites for hydroxylation is 2. The van der Waals surface area contributed by atoms with Gasteiger partial charge in [-0.25, -0.2) is 4.79 Å². The van der Waals surface area contributed by atoms with Crippen molar-refractivity contribution in [3.05, 3.63) is 65.7 Å². The van der Waals surface area contributed by atoms with E-state index in [1.807, 2.05) is 30.3 Å². The highest BCUT2D eigenvalue weighted by Gasteiger charge is 2.09. The van der Waals surface area contributed by atoms with Crippen LogP contribution in [0.15, 0.2) is 54.6 Å². The molecular formula is C19H22O3. The van der Waals surface area contributed by atoms with Crippen LogP contribution in [-0.4, -0.2) is 12.8 Å². The van der Waals surface area contributed by atoms with Crippen LogP contribution in [0.5, 0.6) is 5.75 Å². The van der Waals surface area contributed by atoms with Gasteiger partial charge in [0.05, 0.1) is 6.61 Å². The lowest BCUT2D eigenvalue weighted by Crippen LogP contribution is -2.11. The van der Waals surface area contributed by atoms with E-state index < -0.39 is 6.16 Å². The summed E-state index contributed by atoms with van der Waals surface area (Å²) in [7, 11) is 0. The Morgan fingerprint density at radius 2 is 1.59 bits per heavy atom. The quantitative estimate of drug-likeness (QED) is 0.419. The Bertz CT molecular complexity index is 578. The van der Waals surface area contributed by atoms with Crippen LogP contribution >= 0.6 is 0 Å². The van der Waals surface area contributed by atoms with Gasteiger partial charge in [0.25, 0.3) is 0 Å². The summed E-state index contributed by atoms with van der Waals surface area (Å²) in [6.07, 6.45) is 3.49. The zero-order chi connectivity index (χ0) is 15.6. The summed E-state index contributed by atoms with van der Waals surface area (Å²) in [6, 6.07) is 18.1. The van der Waals surface area contributed by atoms with E-state index in [0.29, 0.717) is 12.4 Å². The second-order valence-electron chi connectivity index (χ2n) is 5.09. The van der Waals surface area contributed by atoms with Gasteiger partial charge in [0.2, 0.25) is 0 Å². The van der Waals surface area contributed by atoms with Crippen molar-refractivity contribution in [2.45, 2.75) is 32.6 Å². The smallest absolute Gasteiger partial charge is 0.434 e. The lowest BCUT2D eigenvalue weighted by Gasteiger charge is -2.09. The third kappa shape index (κ3) is 5.24. The largest absolute Gasteiger partial charge is 0.513 e. The molecule has 0 atom stereocenters. The molecule has 2 rings (SSSR count). The highest BCUT2D eigenvalue weighted by molar-refractivity contribution is 5.64. The number of benzene rings is 2. The first kappa shape index (κ1) is 16.1. The molecule has 0 radical (unpaired) electrons. The van der Waals surface area contributed by atoms with Gasteiger partial charge in [0.15, 0.2) is 0 Å². The fourth-order valence-electron chi connectivity index (χ4n) is 2.34. The third-order valence-electron chi connectivity index (χ3n) is 3.43. The summed E-state index contributed by atoms with van der Waals surface area (Å²) in [5, 5.41) is 0. The van der Waals surface area contributed by atoms with Crippen molar-refractivity contribution in [2.24, 2.45) is 0 Å². The van der Waals surface area contributed by atoms with Gasteiger partial charge in [-0.1, -0.05) is 48.5 Å². The van der Waals surface area contributed by atoms with Crippen molar-refractivity contribution < 1.29 is 14.3 Å². The van der Waals surface area contributed by atoms with Crippen LogP contribution in [0.1, 0.15) is 30.9 Å². The molecule has 0 unspecified atom stereocenters. The second-order valence-corrected chi connectivity index (χ2v) is 5.09. The molecule has 116 valence electrons. The third-order valence-corrected chi connectivity index (χ3v) is 3.43. The van der Waals surface area contributed by atoms with Gasteiger partial charge in [-0.2, -0.15) is 0 Å². The Morgan fingerprint density at radius 1 is 0.909 bits per heavy atom. The monoisotopic (exact) mass is 298 g/mol. The summed E-state index contributed by atoms with van der Waals surface area (Å²) in [5.74, 6) is 0.598. The van der Waals surface area contributed by atoms with Crippen LogP contribution in [0.4, 0.5) is 4.79 Å². The summed E-state index contributed by atoms with van der Waals surface area (Å²) in [4.78, 5) is 11.4. The Morgan fingerprint density at radius 3 is 2.36 bits per heavy atom. The molecule has 0 heterocycles. The molecule has 2 aromatic carbocycles. The van der Waals surface area contributed by atoms with Gasteiger partial charge in [-0.05, 0) is 49.8 Å². The molecule has 0 fully saturated rings. The molecule has 2 aromatic rings. The molecule has 0 amide bonds. The molecular weight excluding hydrogens is 276 g/mol. The maximum Gasteiger partial charge on any atom is 0.513 e. The van der Waals surface area contributed by atoms with E-state index in [2.05, 4.69) is 24.3 Å². The van der Waals surface area contributed by atoms with Crippen LogP contribution in [0, 0.1) is 0 Å². The predicted octanol–water partition coefficient (Wildman–Crippen LogP) is 4.79. The van der Waals surface area contributed by atoms with Gasteiger partial charge in [-0.15, -0.1) is 0 Å². The van der Waals surface area contributed by atoms with E-state index in [0.717, 1.165) is 31.2 Å². The topological polar surface area (TPSA) is 35.5 Å². The lowest BCUT2D eigenvalue weighted by atomic mass is 10.0. The average molecular weight is 298 g/mol. The highest BCUT2D eigenvalue weighted by Crippen LogP contribution is 2.21. The fourth-order valence-corrected chi connectivity index (χ4v) is 2.34. The molecule has 0 spiro atoms. The molecule has 0 aliphatic rings. The van der Waals surface area contributed by atoms with Crippen LogP contribution in [-0.2, 0) is 17.6 Å². The summed E-state index contributed by atoms with van der Waals surface area (Å²) in [6.45, 7) is 2.08. The highest BCUT2D eigenvalue weighted by atomic mass is 16.7. The first-order valence-electron chi connectivity index (χ1n) is 7.76. The van der Waals surface area contributed by atoms with Crippen LogP contribution < -0.4 is 4.74 Å². The van der Waals surface area contributed by atoms with Gasteiger partial charge in [0.1, 0.15) is 5.75 Å². The van der Waals surface area contributed by atoms with E-state index in [9.17, 15) is 4.79 Å². The Balaban J connectivity index is 1.83. The molecule has 0 saturated heterocycles. The minimum Gasteiger partial charge on any atom is -0.434 e. The molecule has 0 aliphatic heterocycles. The van der Waals surface area contributed by atoms with Crippen LogP contribution in [0.2, 0.25) is 0 Å². The van der Waals surface area contributed by atoms with E-state index in [1.165, 1.54) is 5.56 Å². The molecule has 0 aliphatic carbocycles. The van der Waals surface area contributed by atoms with E-state index >= 15 is 0 Å². The second kappa shape index (κ2) is 8.88. The number of hydrogen-bond acceptors (Lipinski definition) is 3. The SMILES string of the molecule is CCOC(=O)Oc1ccccc1CCCCc1ccccc1. The first-order chi connectivity index (χ1) is 10.8. The van der Waals surface area contributed by atoms with Crippen LogP contribution in [0.3, 0.4) is 0 Å². The summed E-state index contributed by atoms with van der Waals surface area (Å²) >= 11 is 0. The summed E-state index contributed by atoms with van der Waals surface area (Å²) < 4.78 is 10.1. The predicted molar refractivity (Wildman–Crippen MR) is 87.2 cm³/mol. The Kier molecular flexibility index (Phi) is 6.49. The molecule has 22 heavy (non-hydrogen) atoms. The molecule has 0 N–H and O–H groups in total. The molecule has 3 nitrogen and oxygen atoms in total. The van der Waals surface area contributed by atoms with E-state index in [-0.39, 0.29) is 0 Å². The number of unbranched alkanes of at least 4 members (excludes halogenated alkanes) is 1. The van der Waals surface area contributed by atoms with Gasteiger partial charge >= 0.3 is 6.16 Å². The number of carbonyl (C=O) groups is 1. The van der Waals surface area contributed by atoms with Gasteiger partial charge in [0, 0.05) is 0 Å². The van der Waals surface area contributed by atoms with Gasteiger partial charge in [-0.3, -0.25) is 0 Å². The Hall–Kier alpha value is -2.29. The van der Waals surface area contributed by atoms with Crippen molar-refractivity contribution in [1.82, 2.24) is 0 Å². The van der Waals surface area contributed by atoms with E-state index in [1.54, 1.807) is 6.92 Å². The van der Waals surface area contributed by atoms with Crippen molar-refractivity contribution in [3.63, 3.8) is 0 Å². The number of para-hydroxylation sites is 1. The van der Waals surface area contributed by atoms with Crippen molar-refractivity contribution >= 4 is 6.16 Å². The maximum absolute atomic E-state index is 11.4. The minimum absolute atomic E-state index is 0.318. The fraction of sp³-hybridized carbons (Fsp3) is 0.316. The number of ether oxygens (including phenoxy) is 2. The minimum atomic E-state index is -0.640.